The molecule has 0 aromatic heterocycles. The Morgan fingerprint density at radius 1 is 0.750 bits per heavy atom. The van der Waals surface area contributed by atoms with Gasteiger partial charge in [0.2, 0.25) is 0 Å². The van der Waals surface area contributed by atoms with E-state index in [0.717, 1.165) is 25.7 Å². The Morgan fingerprint density at radius 3 is 1.54 bits per heavy atom. The fourth-order valence-electron chi connectivity index (χ4n) is 2.88. The molecule has 0 aromatic carbocycles. The van der Waals surface area contributed by atoms with E-state index in [2.05, 4.69) is 0 Å². The molecule has 2 aliphatic rings. The number of carbonyl (C=O) groups is 2. The highest BCUT2D eigenvalue weighted by molar-refractivity contribution is 7.88. The Hall–Kier alpha value is -0.760. The summed E-state index contributed by atoms with van der Waals surface area (Å²) in [5.74, 6) is 1.43. The van der Waals surface area contributed by atoms with Gasteiger partial charge in [-0.05, 0) is 38.5 Å². The van der Waals surface area contributed by atoms with Crippen LogP contribution in [0.1, 0.15) is 51.4 Å². The molecule has 0 aliphatic carbocycles. The van der Waals surface area contributed by atoms with Crippen molar-refractivity contribution in [3.05, 3.63) is 0 Å². The number of carbonyl (C=O) groups excluding carboxylic acids is 2. The Labute approximate surface area is 148 Å². The zero-order chi connectivity index (χ0) is 17.4. The Bertz CT molecular complexity index is 449. The summed E-state index contributed by atoms with van der Waals surface area (Å²) in [5.41, 5.74) is 0. The highest BCUT2D eigenvalue weighted by atomic mass is 32.2. The van der Waals surface area contributed by atoms with Crippen LogP contribution in [-0.2, 0) is 40.7 Å². The van der Waals surface area contributed by atoms with Gasteiger partial charge in [-0.3, -0.25) is 18.0 Å². The van der Waals surface area contributed by atoms with Gasteiger partial charge in [0, 0.05) is 57.5 Å². The maximum Gasteiger partial charge on any atom is 0.306 e. The fraction of sp³-hybridized carbons (Fsp3) is 0.875. The summed E-state index contributed by atoms with van der Waals surface area (Å²) < 4.78 is 34.4. The van der Waals surface area contributed by atoms with Gasteiger partial charge in [-0.2, -0.15) is 0 Å². The number of ether oxygens (including phenoxy) is 2. The lowest BCUT2D eigenvalue weighted by Crippen LogP contribution is -2.26. The summed E-state index contributed by atoms with van der Waals surface area (Å²) in [6, 6.07) is 0. The van der Waals surface area contributed by atoms with Crippen molar-refractivity contribution >= 4 is 33.5 Å². The number of hydrogen-bond acceptors (Lipinski definition) is 6. The number of rotatable bonds is 9. The van der Waals surface area contributed by atoms with E-state index in [0.29, 0.717) is 48.7 Å². The van der Waals surface area contributed by atoms with Crippen LogP contribution in [0.2, 0.25) is 0 Å². The van der Waals surface area contributed by atoms with E-state index in [1.54, 1.807) is 0 Å². The standard InChI is InChI=1S/C16H26O6S2/c17-15-5-1-3-13(21-15)7-9-23(19)11-12-24(20)10-8-14-4-2-6-16(18)22-14/h13-14H,1-12H2. The molecule has 0 radical (unpaired) electrons. The van der Waals surface area contributed by atoms with Gasteiger partial charge in [0.1, 0.15) is 12.2 Å². The van der Waals surface area contributed by atoms with Crippen molar-refractivity contribution in [3.63, 3.8) is 0 Å². The number of esters is 2. The third kappa shape index (κ3) is 7.42. The lowest BCUT2D eigenvalue weighted by Gasteiger charge is -2.22. The first-order chi connectivity index (χ1) is 11.5. The van der Waals surface area contributed by atoms with Crippen LogP contribution >= 0.6 is 0 Å². The smallest absolute Gasteiger partial charge is 0.306 e. The molecule has 0 amide bonds. The highest BCUT2D eigenvalue weighted by Gasteiger charge is 2.22. The minimum absolute atomic E-state index is 0.110. The van der Waals surface area contributed by atoms with Crippen molar-refractivity contribution in [3.8, 4) is 0 Å². The molecule has 0 saturated carbocycles. The molecule has 2 rings (SSSR count). The van der Waals surface area contributed by atoms with Gasteiger partial charge in [0.25, 0.3) is 0 Å². The quantitative estimate of drug-likeness (QED) is 0.565. The second kappa shape index (κ2) is 10.3. The van der Waals surface area contributed by atoms with E-state index in [1.807, 2.05) is 0 Å². The predicted octanol–water partition coefficient (Wildman–Crippen LogP) is 1.46. The van der Waals surface area contributed by atoms with Crippen LogP contribution in [0.15, 0.2) is 0 Å². The molecule has 4 atom stereocenters. The largest absolute Gasteiger partial charge is 0.462 e. The van der Waals surface area contributed by atoms with Gasteiger partial charge in [0.15, 0.2) is 0 Å². The van der Waals surface area contributed by atoms with Crippen LogP contribution in [0.5, 0.6) is 0 Å². The molecule has 2 heterocycles. The second-order valence-electron chi connectivity index (χ2n) is 6.28. The molecule has 138 valence electrons. The van der Waals surface area contributed by atoms with E-state index >= 15 is 0 Å². The van der Waals surface area contributed by atoms with Crippen LogP contribution in [0, 0.1) is 0 Å². The van der Waals surface area contributed by atoms with Gasteiger partial charge >= 0.3 is 11.9 Å². The van der Waals surface area contributed by atoms with Crippen molar-refractivity contribution in [2.24, 2.45) is 0 Å². The van der Waals surface area contributed by atoms with Crippen LogP contribution in [0.25, 0.3) is 0 Å². The minimum Gasteiger partial charge on any atom is -0.462 e. The summed E-state index contributed by atoms with van der Waals surface area (Å²) >= 11 is 0. The molecule has 0 aromatic rings. The van der Waals surface area contributed by atoms with Crippen molar-refractivity contribution in [2.45, 2.75) is 63.6 Å². The lowest BCUT2D eigenvalue weighted by molar-refractivity contribution is -0.154. The molecule has 8 heteroatoms. The van der Waals surface area contributed by atoms with Crippen molar-refractivity contribution in [1.29, 1.82) is 0 Å². The third-order valence-corrected chi connectivity index (χ3v) is 7.24. The van der Waals surface area contributed by atoms with E-state index in [-0.39, 0.29) is 24.1 Å². The fourth-order valence-corrected chi connectivity index (χ4v) is 5.82. The first-order valence-corrected chi connectivity index (χ1v) is 11.6. The van der Waals surface area contributed by atoms with Crippen molar-refractivity contribution in [2.75, 3.05) is 23.0 Å². The predicted molar refractivity (Wildman–Crippen MR) is 92.4 cm³/mol. The molecule has 0 bridgehead atoms. The molecule has 4 unspecified atom stereocenters. The van der Waals surface area contributed by atoms with Crippen molar-refractivity contribution < 1.29 is 27.5 Å². The normalized spacial score (nSPS) is 27.2. The molecule has 2 fully saturated rings. The van der Waals surface area contributed by atoms with Gasteiger partial charge in [0.05, 0.1) is 0 Å². The Balaban J connectivity index is 1.55. The molecule has 2 saturated heterocycles. The highest BCUT2D eigenvalue weighted by Crippen LogP contribution is 2.18. The molecule has 0 spiro atoms. The van der Waals surface area contributed by atoms with E-state index in [4.69, 9.17) is 9.47 Å². The SMILES string of the molecule is O=C1CCCC(CCS(=O)CCS(=O)CCC2CCCC(=O)O2)O1. The van der Waals surface area contributed by atoms with Gasteiger partial charge in [-0.25, -0.2) is 0 Å². The van der Waals surface area contributed by atoms with E-state index < -0.39 is 21.6 Å². The maximum atomic E-state index is 12.0. The molecular formula is C16H26O6S2. The van der Waals surface area contributed by atoms with E-state index in [1.165, 1.54) is 0 Å². The molecule has 2 aliphatic heterocycles. The third-order valence-electron chi connectivity index (χ3n) is 4.28. The molecular weight excluding hydrogens is 352 g/mol. The summed E-state index contributed by atoms with van der Waals surface area (Å²) in [6.45, 7) is 0. The van der Waals surface area contributed by atoms with Crippen LogP contribution < -0.4 is 0 Å². The van der Waals surface area contributed by atoms with Crippen LogP contribution in [0.4, 0.5) is 0 Å². The monoisotopic (exact) mass is 378 g/mol. The zero-order valence-corrected chi connectivity index (χ0v) is 15.5. The van der Waals surface area contributed by atoms with Crippen LogP contribution in [-0.4, -0.2) is 55.6 Å². The Morgan fingerprint density at radius 2 is 1.17 bits per heavy atom. The molecule has 0 N–H and O–H groups in total. The maximum absolute atomic E-state index is 12.0. The van der Waals surface area contributed by atoms with Gasteiger partial charge < -0.3 is 9.47 Å². The lowest BCUT2D eigenvalue weighted by atomic mass is 10.1. The molecule has 6 nitrogen and oxygen atoms in total. The Kier molecular flexibility index (Phi) is 8.38. The summed E-state index contributed by atoms with van der Waals surface area (Å²) in [4.78, 5) is 22.4. The van der Waals surface area contributed by atoms with Gasteiger partial charge in [-0.15, -0.1) is 0 Å². The topological polar surface area (TPSA) is 86.7 Å². The summed E-state index contributed by atoms with van der Waals surface area (Å²) in [7, 11) is -2.07. The zero-order valence-electron chi connectivity index (χ0n) is 13.9. The average Bonchev–Trinajstić information content (AvgIpc) is 2.56. The van der Waals surface area contributed by atoms with E-state index in [9.17, 15) is 18.0 Å². The second-order valence-corrected chi connectivity index (χ2v) is 9.67. The summed E-state index contributed by atoms with van der Waals surface area (Å²) in [5, 5.41) is 0. The summed E-state index contributed by atoms with van der Waals surface area (Å²) in [6.07, 6.45) is 5.33. The molecule has 24 heavy (non-hydrogen) atoms. The van der Waals surface area contributed by atoms with Crippen LogP contribution in [0.3, 0.4) is 0 Å². The minimum atomic E-state index is -1.04. The number of cyclic esters (lactones) is 2. The first kappa shape index (κ1) is 19.6. The average molecular weight is 379 g/mol. The van der Waals surface area contributed by atoms with Crippen molar-refractivity contribution in [1.82, 2.24) is 0 Å². The van der Waals surface area contributed by atoms with Gasteiger partial charge in [-0.1, -0.05) is 0 Å². The first-order valence-electron chi connectivity index (χ1n) is 8.62. The number of hydrogen-bond donors (Lipinski definition) is 0.